The molecule has 0 aliphatic heterocycles. The summed E-state index contributed by atoms with van der Waals surface area (Å²) in [7, 11) is 0. The highest BCUT2D eigenvalue weighted by Gasteiger charge is 1.99. The molecule has 0 saturated carbocycles. The van der Waals surface area contributed by atoms with Gasteiger partial charge < -0.3 is 5.73 Å². The smallest absolute Gasteiger partial charge is 0.0361 e. The summed E-state index contributed by atoms with van der Waals surface area (Å²) < 4.78 is 0. The minimum Gasteiger partial charge on any atom is -0.324 e. The number of hydrogen-bond acceptors (Lipinski definition) is 2. The highest BCUT2D eigenvalue weighted by Crippen LogP contribution is 2.18. The second-order valence-corrected chi connectivity index (χ2v) is 3.26. The zero-order valence-corrected chi connectivity index (χ0v) is 6.53. The lowest BCUT2D eigenvalue weighted by atomic mass is 10.2. The predicted octanol–water partition coefficient (Wildman–Crippen LogP) is 2.08. The van der Waals surface area contributed by atoms with Crippen molar-refractivity contribution in [1.29, 1.82) is 0 Å². The van der Waals surface area contributed by atoms with E-state index in [2.05, 4.69) is 18.4 Å². The Bertz CT molecular complexity index is 191. The summed E-state index contributed by atoms with van der Waals surface area (Å²) in [6.07, 6.45) is 0. The third-order valence-corrected chi connectivity index (χ3v) is 2.45. The van der Waals surface area contributed by atoms with E-state index < -0.39 is 0 Å². The van der Waals surface area contributed by atoms with E-state index in [1.165, 1.54) is 10.4 Å². The molecule has 1 rings (SSSR count). The molecule has 0 aliphatic carbocycles. The van der Waals surface area contributed by atoms with Crippen molar-refractivity contribution in [2.45, 2.75) is 19.9 Å². The number of rotatable bonds is 1. The standard InChI is InChI=1S/C7H11NS/c1-5-3-7(6(2)8)9-4-5/h3-4,6H,8H2,1-2H3. The van der Waals surface area contributed by atoms with Crippen molar-refractivity contribution in [2.24, 2.45) is 5.73 Å². The van der Waals surface area contributed by atoms with E-state index in [0.717, 1.165) is 0 Å². The van der Waals surface area contributed by atoms with Crippen LogP contribution in [0.2, 0.25) is 0 Å². The van der Waals surface area contributed by atoms with Crippen molar-refractivity contribution in [1.82, 2.24) is 0 Å². The molecule has 1 atom stereocenters. The van der Waals surface area contributed by atoms with Gasteiger partial charge in [0.1, 0.15) is 0 Å². The first-order chi connectivity index (χ1) is 4.20. The van der Waals surface area contributed by atoms with E-state index in [0.29, 0.717) is 0 Å². The van der Waals surface area contributed by atoms with Gasteiger partial charge in [0.15, 0.2) is 0 Å². The van der Waals surface area contributed by atoms with E-state index in [9.17, 15) is 0 Å². The Balaban J connectivity index is 2.85. The van der Waals surface area contributed by atoms with Gasteiger partial charge in [-0.2, -0.15) is 0 Å². The molecular formula is C7H11NS. The molecule has 0 bridgehead atoms. The monoisotopic (exact) mass is 141 g/mol. The Morgan fingerprint density at radius 2 is 2.33 bits per heavy atom. The summed E-state index contributed by atoms with van der Waals surface area (Å²) in [4.78, 5) is 1.27. The molecular weight excluding hydrogens is 130 g/mol. The highest BCUT2D eigenvalue weighted by molar-refractivity contribution is 7.10. The fourth-order valence-corrected chi connectivity index (χ4v) is 1.55. The SMILES string of the molecule is Cc1csc(C(C)N)c1. The van der Waals surface area contributed by atoms with Crippen LogP contribution in [0.5, 0.6) is 0 Å². The third-order valence-electron chi connectivity index (χ3n) is 1.20. The van der Waals surface area contributed by atoms with Gasteiger partial charge in [-0.3, -0.25) is 0 Å². The lowest BCUT2D eigenvalue weighted by molar-refractivity contribution is 0.838. The van der Waals surface area contributed by atoms with Gasteiger partial charge in [-0.15, -0.1) is 11.3 Å². The number of hydrogen-bond donors (Lipinski definition) is 1. The summed E-state index contributed by atoms with van der Waals surface area (Å²) in [5, 5.41) is 2.12. The molecule has 0 saturated heterocycles. The Hall–Kier alpha value is -0.340. The van der Waals surface area contributed by atoms with Crippen LogP contribution in [0, 0.1) is 6.92 Å². The van der Waals surface area contributed by atoms with Crippen LogP contribution in [-0.4, -0.2) is 0 Å². The van der Waals surface area contributed by atoms with Crippen LogP contribution in [0.25, 0.3) is 0 Å². The molecule has 0 radical (unpaired) electrons. The second-order valence-electron chi connectivity index (χ2n) is 2.32. The molecule has 1 nitrogen and oxygen atoms in total. The van der Waals surface area contributed by atoms with Gasteiger partial charge in [0.2, 0.25) is 0 Å². The van der Waals surface area contributed by atoms with Crippen molar-refractivity contribution in [3.63, 3.8) is 0 Å². The predicted molar refractivity (Wildman–Crippen MR) is 41.7 cm³/mol. The van der Waals surface area contributed by atoms with Crippen molar-refractivity contribution in [3.8, 4) is 0 Å². The van der Waals surface area contributed by atoms with E-state index >= 15 is 0 Å². The lowest BCUT2D eigenvalue weighted by Crippen LogP contribution is -2.01. The molecule has 2 N–H and O–H groups in total. The zero-order valence-electron chi connectivity index (χ0n) is 5.72. The number of nitrogens with two attached hydrogens (primary N) is 1. The highest BCUT2D eigenvalue weighted by atomic mass is 32.1. The molecule has 0 aromatic carbocycles. The average molecular weight is 141 g/mol. The quantitative estimate of drug-likeness (QED) is 0.636. The van der Waals surface area contributed by atoms with E-state index in [-0.39, 0.29) is 6.04 Å². The average Bonchev–Trinajstić information content (AvgIpc) is 2.14. The Morgan fingerprint density at radius 3 is 2.56 bits per heavy atom. The molecule has 0 amide bonds. The third kappa shape index (κ3) is 1.53. The maximum absolute atomic E-state index is 5.64. The summed E-state index contributed by atoms with van der Waals surface area (Å²) in [5.41, 5.74) is 6.95. The first-order valence-corrected chi connectivity index (χ1v) is 3.88. The van der Waals surface area contributed by atoms with Crippen LogP contribution in [0.15, 0.2) is 11.4 Å². The maximum Gasteiger partial charge on any atom is 0.0361 e. The molecule has 0 fully saturated rings. The molecule has 1 heterocycles. The van der Waals surface area contributed by atoms with Gasteiger partial charge in [-0.1, -0.05) is 0 Å². The van der Waals surface area contributed by atoms with E-state index in [1.807, 2.05) is 6.92 Å². The Labute approximate surface area is 59.5 Å². The minimum absolute atomic E-state index is 0.198. The summed E-state index contributed by atoms with van der Waals surface area (Å²) in [6, 6.07) is 2.33. The minimum atomic E-state index is 0.198. The molecule has 1 unspecified atom stereocenters. The van der Waals surface area contributed by atoms with E-state index in [4.69, 9.17) is 5.73 Å². The first-order valence-electron chi connectivity index (χ1n) is 3.01. The fourth-order valence-electron chi connectivity index (χ4n) is 0.692. The van der Waals surface area contributed by atoms with Gasteiger partial charge in [0.05, 0.1) is 0 Å². The molecule has 0 spiro atoms. The molecule has 0 aliphatic rings. The summed E-state index contributed by atoms with van der Waals surface area (Å²) in [5.74, 6) is 0. The van der Waals surface area contributed by atoms with Gasteiger partial charge in [-0.25, -0.2) is 0 Å². The van der Waals surface area contributed by atoms with Gasteiger partial charge in [0.25, 0.3) is 0 Å². The molecule has 2 heteroatoms. The lowest BCUT2D eigenvalue weighted by Gasteiger charge is -1.96. The van der Waals surface area contributed by atoms with Gasteiger partial charge >= 0.3 is 0 Å². The number of aryl methyl sites for hydroxylation is 1. The topological polar surface area (TPSA) is 26.0 Å². The maximum atomic E-state index is 5.64. The molecule has 9 heavy (non-hydrogen) atoms. The zero-order chi connectivity index (χ0) is 6.85. The van der Waals surface area contributed by atoms with Crippen molar-refractivity contribution >= 4 is 11.3 Å². The van der Waals surface area contributed by atoms with Crippen molar-refractivity contribution < 1.29 is 0 Å². The van der Waals surface area contributed by atoms with Crippen molar-refractivity contribution in [3.05, 3.63) is 21.9 Å². The van der Waals surface area contributed by atoms with Crippen LogP contribution >= 0.6 is 11.3 Å². The normalized spacial score (nSPS) is 13.7. The Morgan fingerprint density at radius 1 is 1.67 bits per heavy atom. The molecule has 1 aromatic heterocycles. The van der Waals surface area contributed by atoms with Crippen LogP contribution in [0.1, 0.15) is 23.4 Å². The van der Waals surface area contributed by atoms with Crippen LogP contribution in [-0.2, 0) is 0 Å². The molecule has 1 aromatic rings. The fraction of sp³-hybridized carbons (Fsp3) is 0.429. The van der Waals surface area contributed by atoms with Crippen LogP contribution in [0.4, 0.5) is 0 Å². The van der Waals surface area contributed by atoms with Crippen molar-refractivity contribution in [2.75, 3.05) is 0 Å². The first kappa shape index (κ1) is 6.78. The van der Waals surface area contributed by atoms with E-state index in [1.54, 1.807) is 11.3 Å². The van der Waals surface area contributed by atoms with Gasteiger partial charge in [0, 0.05) is 10.9 Å². The number of thiophene rings is 1. The summed E-state index contributed by atoms with van der Waals surface area (Å²) >= 11 is 1.73. The van der Waals surface area contributed by atoms with Crippen LogP contribution in [0.3, 0.4) is 0 Å². The summed E-state index contributed by atoms with van der Waals surface area (Å²) in [6.45, 7) is 4.09. The van der Waals surface area contributed by atoms with Crippen LogP contribution < -0.4 is 5.73 Å². The second kappa shape index (κ2) is 2.50. The largest absolute Gasteiger partial charge is 0.324 e. The molecule has 50 valence electrons. The van der Waals surface area contributed by atoms with Gasteiger partial charge in [-0.05, 0) is 30.9 Å². The Kier molecular flexibility index (Phi) is 1.88.